The lowest BCUT2D eigenvalue weighted by Gasteiger charge is -2.29. The Morgan fingerprint density at radius 1 is 1.29 bits per heavy atom. The molecule has 0 spiro atoms. The molecule has 1 heterocycles. The third-order valence-corrected chi connectivity index (χ3v) is 3.97. The summed E-state index contributed by atoms with van der Waals surface area (Å²) in [6, 6.07) is 6.51. The largest absolute Gasteiger partial charge is 0.496 e. The molecule has 0 amide bonds. The van der Waals surface area contributed by atoms with E-state index in [1.807, 2.05) is 0 Å². The average molecular weight is 233 g/mol. The van der Waals surface area contributed by atoms with Crippen LogP contribution in [0.5, 0.6) is 5.75 Å². The normalized spacial score (nSPS) is 19.0. The Labute approximate surface area is 104 Å². The van der Waals surface area contributed by atoms with Crippen LogP contribution in [0.4, 0.5) is 0 Å². The van der Waals surface area contributed by atoms with Gasteiger partial charge in [-0.1, -0.05) is 24.6 Å². The molecule has 2 rings (SSSR count). The van der Waals surface area contributed by atoms with Crippen LogP contribution >= 0.6 is 0 Å². The summed E-state index contributed by atoms with van der Waals surface area (Å²) in [5, 5.41) is 3.43. The standard InChI is InChI=1S/C15H23NO/c1-11-4-5-15(17-3)14(10-11)12(2)13-6-8-16-9-7-13/h4-5,10,12-13,16H,6-9H2,1-3H3. The molecule has 1 aromatic carbocycles. The second-order valence-electron chi connectivity index (χ2n) is 5.12. The second kappa shape index (κ2) is 5.54. The predicted molar refractivity (Wildman–Crippen MR) is 71.7 cm³/mol. The number of benzene rings is 1. The summed E-state index contributed by atoms with van der Waals surface area (Å²) in [5.41, 5.74) is 2.70. The van der Waals surface area contributed by atoms with Gasteiger partial charge in [-0.3, -0.25) is 0 Å². The van der Waals surface area contributed by atoms with E-state index in [-0.39, 0.29) is 0 Å². The van der Waals surface area contributed by atoms with E-state index in [0.717, 1.165) is 24.8 Å². The molecule has 17 heavy (non-hydrogen) atoms. The molecule has 2 heteroatoms. The van der Waals surface area contributed by atoms with Gasteiger partial charge in [0.05, 0.1) is 7.11 Å². The molecule has 1 unspecified atom stereocenters. The number of piperidine rings is 1. The van der Waals surface area contributed by atoms with Crippen molar-refractivity contribution < 1.29 is 4.74 Å². The summed E-state index contributed by atoms with van der Waals surface area (Å²) in [5.74, 6) is 2.42. The van der Waals surface area contributed by atoms with Crippen LogP contribution in [-0.2, 0) is 0 Å². The van der Waals surface area contributed by atoms with Crippen LogP contribution in [0.3, 0.4) is 0 Å². The van der Waals surface area contributed by atoms with E-state index in [9.17, 15) is 0 Å². The Balaban J connectivity index is 2.21. The van der Waals surface area contributed by atoms with Crippen LogP contribution in [-0.4, -0.2) is 20.2 Å². The second-order valence-corrected chi connectivity index (χ2v) is 5.12. The minimum atomic E-state index is 0.590. The molecule has 1 atom stereocenters. The smallest absolute Gasteiger partial charge is 0.122 e. The van der Waals surface area contributed by atoms with Crippen molar-refractivity contribution in [2.45, 2.75) is 32.6 Å². The molecule has 1 saturated heterocycles. The first kappa shape index (κ1) is 12.4. The molecule has 0 saturated carbocycles. The highest BCUT2D eigenvalue weighted by atomic mass is 16.5. The van der Waals surface area contributed by atoms with Gasteiger partial charge in [-0.25, -0.2) is 0 Å². The summed E-state index contributed by atoms with van der Waals surface area (Å²) in [6.07, 6.45) is 2.55. The summed E-state index contributed by atoms with van der Waals surface area (Å²) in [7, 11) is 1.77. The molecule has 0 aromatic heterocycles. The van der Waals surface area contributed by atoms with Crippen molar-refractivity contribution in [2.24, 2.45) is 5.92 Å². The van der Waals surface area contributed by atoms with Gasteiger partial charge in [0, 0.05) is 0 Å². The van der Waals surface area contributed by atoms with E-state index in [4.69, 9.17) is 4.74 Å². The highest BCUT2D eigenvalue weighted by molar-refractivity contribution is 5.39. The highest BCUT2D eigenvalue weighted by Crippen LogP contribution is 2.36. The molecule has 1 aliphatic rings. The van der Waals surface area contributed by atoms with Crippen molar-refractivity contribution in [3.8, 4) is 5.75 Å². The highest BCUT2D eigenvalue weighted by Gasteiger charge is 2.23. The monoisotopic (exact) mass is 233 g/mol. The Kier molecular flexibility index (Phi) is 4.06. The van der Waals surface area contributed by atoms with Crippen molar-refractivity contribution in [3.05, 3.63) is 29.3 Å². The van der Waals surface area contributed by atoms with Gasteiger partial charge >= 0.3 is 0 Å². The predicted octanol–water partition coefficient (Wildman–Crippen LogP) is 3.11. The zero-order valence-electron chi connectivity index (χ0n) is 11.1. The van der Waals surface area contributed by atoms with Gasteiger partial charge < -0.3 is 10.1 Å². The first-order valence-electron chi connectivity index (χ1n) is 6.57. The SMILES string of the molecule is COc1ccc(C)cc1C(C)C1CCNCC1. The van der Waals surface area contributed by atoms with E-state index in [2.05, 4.69) is 37.4 Å². The molecule has 1 aromatic rings. The first-order chi connectivity index (χ1) is 8.22. The van der Waals surface area contributed by atoms with Crippen LogP contribution in [0, 0.1) is 12.8 Å². The number of hydrogen-bond donors (Lipinski definition) is 1. The van der Waals surface area contributed by atoms with Gasteiger partial charge in [0.1, 0.15) is 5.75 Å². The van der Waals surface area contributed by atoms with Crippen molar-refractivity contribution in [1.29, 1.82) is 0 Å². The Morgan fingerprint density at radius 3 is 2.65 bits per heavy atom. The average Bonchev–Trinajstić information content (AvgIpc) is 2.39. The molecule has 2 nitrogen and oxygen atoms in total. The lowest BCUT2D eigenvalue weighted by molar-refractivity contribution is 0.321. The van der Waals surface area contributed by atoms with Gasteiger partial charge in [-0.05, 0) is 56.3 Å². The van der Waals surface area contributed by atoms with Gasteiger partial charge in [0.2, 0.25) is 0 Å². The minimum Gasteiger partial charge on any atom is -0.496 e. The molecule has 1 fully saturated rings. The zero-order chi connectivity index (χ0) is 12.3. The minimum absolute atomic E-state index is 0.590. The van der Waals surface area contributed by atoms with Gasteiger partial charge in [-0.2, -0.15) is 0 Å². The fraction of sp³-hybridized carbons (Fsp3) is 0.600. The van der Waals surface area contributed by atoms with Crippen molar-refractivity contribution in [1.82, 2.24) is 5.32 Å². The van der Waals surface area contributed by atoms with Crippen molar-refractivity contribution in [3.63, 3.8) is 0 Å². The number of hydrogen-bond acceptors (Lipinski definition) is 2. The molecule has 1 N–H and O–H groups in total. The maximum Gasteiger partial charge on any atom is 0.122 e. The maximum absolute atomic E-state index is 5.50. The van der Waals surface area contributed by atoms with Crippen LogP contribution < -0.4 is 10.1 Å². The summed E-state index contributed by atoms with van der Waals surface area (Å²) >= 11 is 0. The lowest BCUT2D eigenvalue weighted by Crippen LogP contribution is -2.30. The van der Waals surface area contributed by atoms with Gasteiger partial charge in [0.25, 0.3) is 0 Å². The van der Waals surface area contributed by atoms with E-state index in [1.54, 1.807) is 7.11 Å². The van der Waals surface area contributed by atoms with Crippen LogP contribution in [0.15, 0.2) is 18.2 Å². The molecule has 94 valence electrons. The summed E-state index contributed by atoms with van der Waals surface area (Å²) in [6.45, 7) is 6.80. The van der Waals surface area contributed by atoms with Crippen LogP contribution in [0.1, 0.15) is 36.8 Å². The topological polar surface area (TPSA) is 21.3 Å². The Morgan fingerprint density at radius 2 is 2.00 bits per heavy atom. The van der Waals surface area contributed by atoms with E-state index in [0.29, 0.717) is 5.92 Å². The Hall–Kier alpha value is -1.02. The zero-order valence-corrected chi connectivity index (χ0v) is 11.1. The maximum atomic E-state index is 5.50. The van der Waals surface area contributed by atoms with Crippen molar-refractivity contribution >= 4 is 0 Å². The third-order valence-electron chi connectivity index (χ3n) is 3.97. The molecule has 1 aliphatic heterocycles. The van der Waals surface area contributed by atoms with Crippen molar-refractivity contribution in [2.75, 3.05) is 20.2 Å². The molecular weight excluding hydrogens is 210 g/mol. The quantitative estimate of drug-likeness (QED) is 0.866. The lowest BCUT2D eigenvalue weighted by atomic mass is 9.81. The number of aryl methyl sites for hydroxylation is 1. The first-order valence-corrected chi connectivity index (χ1v) is 6.57. The van der Waals surface area contributed by atoms with Crippen LogP contribution in [0.2, 0.25) is 0 Å². The van der Waals surface area contributed by atoms with Gasteiger partial charge in [0.15, 0.2) is 0 Å². The fourth-order valence-corrected chi connectivity index (χ4v) is 2.81. The van der Waals surface area contributed by atoms with Gasteiger partial charge in [-0.15, -0.1) is 0 Å². The number of rotatable bonds is 3. The molecular formula is C15H23NO. The van der Waals surface area contributed by atoms with E-state index in [1.165, 1.54) is 24.0 Å². The molecule has 0 aliphatic carbocycles. The Bertz CT molecular complexity index is 369. The number of nitrogens with one attached hydrogen (secondary N) is 1. The number of methoxy groups -OCH3 is 1. The third kappa shape index (κ3) is 2.81. The van der Waals surface area contributed by atoms with E-state index < -0.39 is 0 Å². The molecule has 0 bridgehead atoms. The molecule has 0 radical (unpaired) electrons. The summed E-state index contributed by atoms with van der Waals surface area (Å²) < 4.78 is 5.50. The fourth-order valence-electron chi connectivity index (χ4n) is 2.81. The van der Waals surface area contributed by atoms with E-state index >= 15 is 0 Å². The number of ether oxygens (including phenoxy) is 1. The summed E-state index contributed by atoms with van der Waals surface area (Å²) in [4.78, 5) is 0. The van der Waals surface area contributed by atoms with Crippen LogP contribution in [0.25, 0.3) is 0 Å².